The van der Waals surface area contributed by atoms with Gasteiger partial charge < -0.3 is 11.1 Å². The lowest BCUT2D eigenvalue weighted by Crippen LogP contribution is -2.13. The lowest BCUT2D eigenvalue weighted by atomic mass is 10.1. The topological polar surface area (TPSA) is 50.9 Å². The van der Waals surface area contributed by atoms with Crippen LogP contribution in [-0.4, -0.2) is 28.7 Å². The second-order valence-corrected chi connectivity index (χ2v) is 6.28. The van der Waals surface area contributed by atoms with Crippen LogP contribution < -0.4 is 11.1 Å². The summed E-state index contributed by atoms with van der Waals surface area (Å²) in [5, 5.41) is 4.60. The Balaban J connectivity index is 1.92. The van der Waals surface area contributed by atoms with E-state index in [2.05, 4.69) is 21.5 Å². The van der Waals surface area contributed by atoms with E-state index in [9.17, 15) is 0 Å². The zero-order valence-corrected chi connectivity index (χ0v) is 11.1. The molecule has 1 aromatic rings. The quantitative estimate of drug-likeness (QED) is 0.816. The number of hydrogen-bond donors (Lipinski definition) is 2. The van der Waals surface area contributed by atoms with Crippen molar-refractivity contribution in [2.45, 2.75) is 11.3 Å². The molecule has 6 heteroatoms. The van der Waals surface area contributed by atoms with Crippen molar-refractivity contribution in [1.29, 1.82) is 0 Å². The Labute approximate surface area is 103 Å². The highest BCUT2D eigenvalue weighted by Gasteiger charge is 2.17. The van der Waals surface area contributed by atoms with Crippen LogP contribution in [0.5, 0.6) is 0 Å². The maximum absolute atomic E-state index is 5.77. The average Bonchev–Trinajstić information content (AvgIpc) is 2.84. The van der Waals surface area contributed by atoms with E-state index in [4.69, 9.17) is 5.73 Å². The van der Waals surface area contributed by atoms with Crippen molar-refractivity contribution in [3.05, 3.63) is 0 Å². The zero-order valence-electron chi connectivity index (χ0n) is 8.66. The van der Waals surface area contributed by atoms with Crippen LogP contribution in [0.2, 0.25) is 0 Å². The van der Waals surface area contributed by atoms with Crippen LogP contribution in [0, 0.1) is 5.92 Å². The SMILES string of the molecule is CSc1c(N)nsc1NCC1CCSC1. The van der Waals surface area contributed by atoms with Gasteiger partial charge in [-0.1, -0.05) is 0 Å². The molecule has 1 aliphatic rings. The summed E-state index contributed by atoms with van der Waals surface area (Å²) in [7, 11) is 0. The van der Waals surface area contributed by atoms with Crippen molar-refractivity contribution in [3.8, 4) is 0 Å². The fraction of sp³-hybridized carbons (Fsp3) is 0.667. The maximum Gasteiger partial charge on any atom is 0.153 e. The molecule has 1 fully saturated rings. The highest BCUT2D eigenvalue weighted by Crippen LogP contribution is 2.35. The standard InChI is InChI=1S/C9H15N3S3/c1-13-7-8(10)12-15-9(7)11-4-6-2-3-14-5-6/h6,11H,2-5H2,1H3,(H2,10,12). The van der Waals surface area contributed by atoms with E-state index < -0.39 is 0 Å². The van der Waals surface area contributed by atoms with Crippen LogP contribution >= 0.6 is 35.1 Å². The van der Waals surface area contributed by atoms with Gasteiger partial charge in [0.15, 0.2) is 5.82 Å². The number of nitrogens with one attached hydrogen (secondary N) is 1. The van der Waals surface area contributed by atoms with Crippen LogP contribution in [0.15, 0.2) is 4.90 Å². The molecule has 2 rings (SSSR count). The van der Waals surface area contributed by atoms with Gasteiger partial charge in [-0.2, -0.15) is 16.1 Å². The number of aromatic nitrogens is 1. The normalized spacial score (nSPS) is 20.7. The second-order valence-electron chi connectivity index (χ2n) is 3.54. The van der Waals surface area contributed by atoms with Crippen LogP contribution in [0.3, 0.4) is 0 Å². The first kappa shape index (κ1) is 11.4. The molecule has 1 atom stereocenters. The molecule has 1 saturated heterocycles. The lowest BCUT2D eigenvalue weighted by molar-refractivity contribution is 0.632. The van der Waals surface area contributed by atoms with Crippen molar-refractivity contribution in [3.63, 3.8) is 0 Å². The predicted octanol–water partition coefficient (Wildman–Crippen LogP) is 2.61. The smallest absolute Gasteiger partial charge is 0.153 e. The first-order chi connectivity index (χ1) is 7.31. The summed E-state index contributed by atoms with van der Waals surface area (Å²) in [6.07, 6.45) is 3.37. The maximum atomic E-state index is 5.77. The van der Waals surface area contributed by atoms with E-state index >= 15 is 0 Å². The molecule has 84 valence electrons. The molecular formula is C9H15N3S3. The molecule has 1 aromatic heterocycles. The minimum atomic E-state index is 0.663. The third-order valence-corrected chi connectivity index (χ3v) is 5.45. The number of thioether (sulfide) groups is 2. The Kier molecular flexibility index (Phi) is 4.05. The highest BCUT2D eigenvalue weighted by atomic mass is 32.2. The Morgan fingerprint density at radius 1 is 1.67 bits per heavy atom. The van der Waals surface area contributed by atoms with E-state index in [1.54, 1.807) is 11.8 Å². The van der Waals surface area contributed by atoms with Gasteiger partial charge in [-0.25, -0.2) is 0 Å². The molecular weight excluding hydrogens is 246 g/mol. The molecule has 3 nitrogen and oxygen atoms in total. The second kappa shape index (κ2) is 5.32. The predicted molar refractivity (Wildman–Crippen MR) is 72.2 cm³/mol. The van der Waals surface area contributed by atoms with Gasteiger partial charge in [0, 0.05) is 6.54 Å². The molecule has 0 aromatic carbocycles. The van der Waals surface area contributed by atoms with E-state index in [0.717, 1.165) is 22.4 Å². The van der Waals surface area contributed by atoms with Gasteiger partial charge >= 0.3 is 0 Å². The summed E-state index contributed by atoms with van der Waals surface area (Å²) < 4.78 is 4.16. The van der Waals surface area contributed by atoms with Gasteiger partial charge in [-0.15, -0.1) is 11.8 Å². The van der Waals surface area contributed by atoms with Gasteiger partial charge in [0.25, 0.3) is 0 Å². The van der Waals surface area contributed by atoms with E-state index in [0.29, 0.717) is 5.82 Å². The third-order valence-electron chi connectivity index (χ3n) is 2.45. The first-order valence-electron chi connectivity index (χ1n) is 4.92. The van der Waals surface area contributed by atoms with Crippen molar-refractivity contribution in [2.24, 2.45) is 5.92 Å². The molecule has 0 bridgehead atoms. The molecule has 0 spiro atoms. The lowest BCUT2D eigenvalue weighted by Gasteiger charge is -2.10. The fourth-order valence-corrected chi connectivity index (χ4v) is 4.42. The van der Waals surface area contributed by atoms with Gasteiger partial charge in [0.1, 0.15) is 5.00 Å². The molecule has 1 unspecified atom stereocenters. The molecule has 0 radical (unpaired) electrons. The van der Waals surface area contributed by atoms with Crippen LogP contribution in [0.1, 0.15) is 6.42 Å². The molecule has 1 aliphatic heterocycles. The van der Waals surface area contributed by atoms with Crippen molar-refractivity contribution >= 4 is 45.9 Å². The molecule has 0 aliphatic carbocycles. The van der Waals surface area contributed by atoms with E-state index in [-0.39, 0.29) is 0 Å². The fourth-order valence-electron chi connectivity index (χ4n) is 1.59. The minimum absolute atomic E-state index is 0.663. The van der Waals surface area contributed by atoms with Gasteiger partial charge in [0.2, 0.25) is 0 Å². The molecule has 0 amide bonds. The van der Waals surface area contributed by atoms with Crippen molar-refractivity contribution in [1.82, 2.24) is 4.37 Å². The molecule has 0 saturated carbocycles. The summed E-state index contributed by atoms with van der Waals surface area (Å²) in [6, 6.07) is 0. The van der Waals surface area contributed by atoms with Gasteiger partial charge in [-0.3, -0.25) is 0 Å². The number of rotatable bonds is 4. The average molecular weight is 261 g/mol. The molecule has 3 N–H and O–H groups in total. The molecule has 15 heavy (non-hydrogen) atoms. The van der Waals surface area contributed by atoms with Crippen LogP contribution in [-0.2, 0) is 0 Å². The number of nitrogen functional groups attached to an aromatic ring is 1. The van der Waals surface area contributed by atoms with Crippen molar-refractivity contribution in [2.75, 3.05) is 35.4 Å². The van der Waals surface area contributed by atoms with Gasteiger partial charge in [0.05, 0.1) is 4.90 Å². The summed E-state index contributed by atoms with van der Waals surface area (Å²) >= 11 is 5.19. The number of hydrogen-bond acceptors (Lipinski definition) is 6. The molecule has 2 heterocycles. The van der Waals surface area contributed by atoms with Gasteiger partial charge in [-0.05, 0) is 41.6 Å². The Morgan fingerprint density at radius 3 is 3.20 bits per heavy atom. The van der Waals surface area contributed by atoms with Crippen molar-refractivity contribution < 1.29 is 0 Å². The third kappa shape index (κ3) is 2.73. The number of nitrogens with two attached hydrogens (primary N) is 1. The first-order valence-corrected chi connectivity index (χ1v) is 8.07. The Bertz CT molecular complexity index is 320. The largest absolute Gasteiger partial charge is 0.382 e. The van der Waals surface area contributed by atoms with E-state index in [1.165, 1.54) is 29.5 Å². The summed E-state index contributed by atoms with van der Waals surface area (Å²) in [4.78, 5) is 1.10. The zero-order chi connectivity index (χ0) is 10.7. The summed E-state index contributed by atoms with van der Waals surface area (Å²) in [5.41, 5.74) is 5.77. The number of nitrogens with zero attached hydrogens (tertiary/aromatic N) is 1. The summed E-state index contributed by atoms with van der Waals surface area (Å²) in [5.74, 6) is 4.08. The monoisotopic (exact) mass is 261 g/mol. The van der Waals surface area contributed by atoms with E-state index in [1.807, 2.05) is 6.26 Å². The minimum Gasteiger partial charge on any atom is -0.382 e. The Hall–Kier alpha value is -0.0700. The Morgan fingerprint density at radius 2 is 2.53 bits per heavy atom. The van der Waals surface area contributed by atoms with Crippen LogP contribution in [0.4, 0.5) is 10.8 Å². The van der Waals surface area contributed by atoms with Crippen LogP contribution in [0.25, 0.3) is 0 Å². The summed E-state index contributed by atoms with van der Waals surface area (Å²) in [6.45, 7) is 1.06. The number of anilines is 2. The highest BCUT2D eigenvalue weighted by molar-refractivity contribution is 7.99.